The normalized spacial score (nSPS) is 19.5. The smallest absolute Gasteiger partial charge is 0.433 e. The first-order valence-electron chi connectivity index (χ1n) is 6.53. The molecule has 0 saturated carbocycles. The molecule has 0 amide bonds. The van der Waals surface area contributed by atoms with Crippen LogP contribution >= 0.6 is 0 Å². The van der Waals surface area contributed by atoms with Crippen molar-refractivity contribution in [3.63, 3.8) is 0 Å². The van der Waals surface area contributed by atoms with E-state index in [4.69, 9.17) is 4.74 Å². The van der Waals surface area contributed by atoms with Crippen molar-refractivity contribution in [1.29, 1.82) is 0 Å². The van der Waals surface area contributed by atoms with Gasteiger partial charge in [-0.1, -0.05) is 6.08 Å². The molecule has 1 atom stereocenters. The zero-order chi connectivity index (χ0) is 17.6. The third-order valence-electron chi connectivity index (χ3n) is 2.76. The summed E-state index contributed by atoms with van der Waals surface area (Å²) in [5, 5.41) is 13.4. The molecule has 0 aromatic heterocycles. The maximum absolute atomic E-state index is 12.5. The van der Waals surface area contributed by atoms with Gasteiger partial charge in [-0.25, -0.2) is 4.79 Å². The number of hydrazone groups is 1. The van der Waals surface area contributed by atoms with Crippen molar-refractivity contribution in [2.24, 2.45) is 10.1 Å². The van der Waals surface area contributed by atoms with Crippen molar-refractivity contribution in [2.75, 3.05) is 6.61 Å². The molecular weight excluding hydrogens is 315 g/mol. The molecule has 0 radical (unpaired) electrons. The van der Waals surface area contributed by atoms with Crippen molar-refractivity contribution in [3.05, 3.63) is 35.1 Å². The van der Waals surface area contributed by atoms with Gasteiger partial charge in [0.25, 0.3) is 0 Å². The topological polar surface area (TPSA) is 83.3 Å². The fourth-order valence-corrected chi connectivity index (χ4v) is 1.57. The van der Waals surface area contributed by atoms with Crippen LogP contribution in [0.4, 0.5) is 13.2 Å². The molecular formula is C14H16F3N3O3. The molecule has 126 valence electrons. The fraction of sp³-hybridized carbons (Fsp3) is 0.357. The highest BCUT2D eigenvalue weighted by Crippen LogP contribution is 2.26. The average Bonchev–Trinajstić information content (AvgIpc) is 2.46. The summed E-state index contributed by atoms with van der Waals surface area (Å²) in [6, 6.07) is 0. The Balaban J connectivity index is 3.06. The Morgan fingerprint density at radius 2 is 2.22 bits per heavy atom. The number of aliphatic imine (C=N–C) groups is 1. The molecule has 0 aromatic carbocycles. The van der Waals surface area contributed by atoms with Crippen molar-refractivity contribution in [2.45, 2.75) is 26.3 Å². The summed E-state index contributed by atoms with van der Waals surface area (Å²) in [4.78, 5) is 14.6. The lowest BCUT2D eigenvalue weighted by Gasteiger charge is -2.19. The maximum Gasteiger partial charge on any atom is 0.433 e. The van der Waals surface area contributed by atoms with Crippen LogP contribution < -0.4 is 5.43 Å². The molecule has 0 aromatic rings. The number of hydrogen-bond acceptors (Lipinski definition) is 6. The van der Waals surface area contributed by atoms with E-state index in [9.17, 15) is 23.1 Å². The molecule has 1 unspecified atom stereocenters. The number of rotatable bonds is 5. The summed E-state index contributed by atoms with van der Waals surface area (Å²) in [5.41, 5.74) is 1.54. The van der Waals surface area contributed by atoms with E-state index in [0.29, 0.717) is 5.57 Å². The number of nitrogens with zero attached hydrogens (tertiary/aromatic N) is 2. The second kappa shape index (κ2) is 7.73. The number of aliphatic hydroxyl groups excluding tert-OH is 1. The van der Waals surface area contributed by atoms with Gasteiger partial charge in [0.15, 0.2) is 6.23 Å². The zero-order valence-corrected chi connectivity index (χ0v) is 12.5. The highest BCUT2D eigenvalue weighted by Gasteiger charge is 2.32. The molecule has 23 heavy (non-hydrogen) atoms. The maximum atomic E-state index is 12.5. The minimum Gasteiger partial charge on any atom is -0.463 e. The minimum absolute atomic E-state index is 0.0912. The molecule has 0 fully saturated rings. The van der Waals surface area contributed by atoms with Crippen LogP contribution in [0.5, 0.6) is 0 Å². The number of allylic oxidation sites excluding steroid dienone is 5. The van der Waals surface area contributed by atoms with E-state index in [0.717, 1.165) is 12.2 Å². The van der Waals surface area contributed by atoms with Crippen LogP contribution in [0.1, 0.15) is 13.8 Å². The molecule has 1 heterocycles. The summed E-state index contributed by atoms with van der Waals surface area (Å²) in [6.07, 6.45) is -2.84. The predicted octanol–water partition coefficient (Wildman–Crippen LogP) is 1.85. The van der Waals surface area contributed by atoms with Gasteiger partial charge in [-0.15, -0.1) is 0 Å². The van der Waals surface area contributed by atoms with Gasteiger partial charge in [0.2, 0.25) is 0 Å². The van der Waals surface area contributed by atoms with Gasteiger partial charge in [0, 0.05) is 0 Å². The Hall–Kier alpha value is -2.42. The Bertz CT molecular complexity index is 604. The Labute approximate surface area is 130 Å². The SMILES string of the molecule is C=N/C(=C\C=C(/C)C1=NNC(O)C(C(=O)OCC)=C1)C(F)(F)F. The number of alkyl halides is 3. The molecule has 6 nitrogen and oxygen atoms in total. The summed E-state index contributed by atoms with van der Waals surface area (Å²) in [7, 11) is 0. The molecule has 1 aliphatic heterocycles. The van der Waals surface area contributed by atoms with Gasteiger partial charge in [-0.3, -0.25) is 10.4 Å². The van der Waals surface area contributed by atoms with E-state index in [1.54, 1.807) is 6.92 Å². The highest BCUT2D eigenvalue weighted by atomic mass is 19.4. The first kappa shape index (κ1) is 18.6. The number of carbonyl (C=O) groups is 1. The number of halogens is 3. The molecule has 0 spiro atoms. The Morgan fingerprint density at radius 3 is 2.74 bits per heavy atom. The molecule has 1 rings (SSSR count). The summed E-state index contributed by atoms with van der Waals surface area (Å²) < 4.78 is 42.4. The number of nitrogens with one attached hydrogen (secondary N) is 1. The summed E-state index contributed by atoms with van der Waals surface area (Å²) >= 11 is 0. The van der Waals surface area contributed by atoms with E-state index in [2.05, 4.69) is 22.2 Å². The second-order valence-electron chi connectivity index (χ2n) is 4.41. The van der Waals surface area contributed by atoms with Crippen LogP contribution in [0.2, 0.25) is 0 Å². The van der Waals surface area contributed by atoms with Crippen LogP contribution in [0.15, 0.2) is 45.2 Å². The van der Waals surface area contributed by atoms with Gasteiger partial charge in [0.05, 0.1) is 17.9 Å². The van der Waals surface area contributed by atoms with Crippen molar-refractivity contribution < 1.29 is 27.8 Å². The number of aliphatic hydroxyl groups is 1. The minimum atomic E-state index is -4.62. The van der Waals surface area contributed by atoms with Gasteiger partial charge < -0.3 is 9.84 Å². The Kier molecular flexibility index (Phi) is 6.26. The van der Waals surface area contributed by atoms with Gasteiger partial charge in [0.1, 0.15) is 5.70 Å². The number of esters is 1. The molecule has 0 bridgehead atoms. The molecule has 1 aliphatic rings. The standard InChI is InChI=1S/C14H16F3N3O3/c1-4-23-13(22)9-7-10(19-20-12(9)21)8(2)5-6-11(18-3)14(15,16)17/h5-7,12,20-21H,3-4H2,1-2H3/b8-5+,11-6-. The monoisotopic (exact) mass is 331 g/mol. The lowest BCUT2D eigenvalue weighted by Crippen LogP contribution is -2.35. The molecule has 2 N–H and O–H groups in total. The molecule has 9 heteroatoms. The first-order chi connectivity index (χ1) is 10.7. The predicted molar refractivity (Wildman–Crippen MR) is 78.7 cm³/mol. The highest BCUT2D eigenvalue weighted by molar-refractivity contribution is 6.12. The third-order valence-corrected chi connectivity index (χ3v) is 2.76. The van der Waals surface area contributed by atoms with Crippen LogP contribution in [-0.2, 0) is 9.53 Å². The Morgan fingerprint density at radius 1 is 1.57 bits per heavy atom. The van der Waals surface area contributed by atoms with Crippen LogP contribution in [-0.4, -0.2) is 42.5 Å². The van der Waals surface area contributed by atoms with E-state index in [1.165, 1.54) is 13.0 Å². The van der Waals surface area contributed by atoms with Crippen LogP contribution in [0, 0.1) is 0 Å². The molecule has 0 saturated heterocycles. The van der Waals surface area contributed by atoms with E-state index in [-0.39, 0.29) is 17.9 Å². The molecule has 0 aliphatic carbocycles. The number of ether oxygens (including phenoxy) is 1. The summed E-state index contributed by atoms with van der Waals surface area (Å²) in [6.45, 7) is 6.08. The van der Waals surface area contributed by atoms with Gasteiger partial charge in [-0.2, -0.15) is 18.3 Å². The van der Waals surface area contributed by atoms with Gasteiger partial charge in [-0.05, 0) is 38.3 Å². The van der Waals surface area contributed by atoms with Crippen molar-refractivity contribution >= 4 is 18.4 Å². The van der Waals surface area contributed by atoms with Crippen molar-refractivity contribution in [3.8, 4) is 0 Å². The van der Waals surface area contributed by atoms with Crippen LogP contribution in [0.3, 0.4) is 0 Å². The van der Waals surface area contributed by atoms with Crippen LogP contribution in [0.25, 0.3) is 0 Å². The summed E-state index contributed by atoms with van der Waals surface area (Å²) in [5.74, 6) is -0.744. The van der Waals surface area contributed by atoms with E-state index >= 15 is 0 Å². The zero-order valence-electron chi connectivity index (χ0n) is 12.5. The fourth-order valence-electron chi connectivity index (χ4n) is 1.57. The quantitative estimate of drug-likeness (QED) is 0.457. The van der Waals surface area contributed by atoms with E-state index in [1.807, 2.05) is 0 Å². The third kappa shape index (κ3) is 5.06. The lowest BCUT2D eigenvalue weighted by atomic mass is 10.1. The van der Waals surface area contributed by atoms with E-state index < -0.39 is 24.1 Å². The van der Waals surface area contributed by atoms with Crippen molar-refractivity contribution in [1.82, 2.24) is 5.43 Å². The first-order valence-corrected chi connectivity index (χ1v) is 6.53. The average molecular weight is 331 g/mol. The number of hydrogen-bond donors (Lipinski definition) is 2. The number of carbonyl (C=O) groups excluding carboxylic acids is 1. The lowest BCUT2D eigenvalue weighted by molar-refractivity contribution is -0.139. The second-order valence-corrected chi connectivity index (χ2v) is 4.41. The van der Waals surface area contributed by atoms with Gasteiger partial charge >= 0.3 is 12.1 Å². The largest absolute Gasteiger partial charge is 0.463 e.